The molecule has 1 N–H and O–H groups in total. The Morgan fingerprint density at radius 3 is 2.88 bits per heavy atom. The van der Waals surface area contributed by atoms with Gasteiger partial charge in [0, 0.05) is 5.92 Å². The van der Waals surface area contributed by atoms with Crippen LogP contribution in [0.5, 0.6) is 0 Å². The van der Waals surface area contributed by atoms with Crippen LogP contribution in [-0.2, 0) is 4.74 Å². The van der Waals surface area contributed by atoms with Crippen molar-refractivity contribution in [3.8, 4) is 0 Å². The van der Waals surface area contributed by atoms with Crippen LogP contribution in [0.1, 0.15) is 51.9 Å². The van der Waals surface area contributed by atoms with Gasteiger partial charge in [0.05, 0.1) is 18.8 Å². The highest BCUT2D eigenvalue weighted by molar-refractivity contribution is 5.11. The Balaban J connectivity index is 1.93. The lowest BCUT2D eigenvalue weighted by Gasteiger charge is -2.21. The van der Waals surface area contributed by atoms with E-state index in [0.717, 1.165) is 25.9 Å². The minimum Gasteiger partial charge on any atom is -0.388 e. The molecule has 92 valence electrons. The van der Waals surface area contributed by atoms with Crippen molar-refractivity contribution in [3.63, 3.8) is 0 Å². The Bertz CT molecular complexity index is 247. The summed E-state index contributed by atoms with van der Waals surface area (Å²) in [5.74, 6) is 0.334. The van der Waals surface area contributed by atoms with Gasteiger partial charge in [0.25, 0.3) is 0 Å². The minimum atomic E-state index is -0.247. The molecule has 2 heteroatoms. The maximum absolute atomic E-state index is 10.4. The molecule has 2 rings (SSSR count). The number of hydrogen-bond acceptors (Lipinski definition) is 2. The second-order valence-corrected chi connectivity index (χ2v) is 5.32. The summed E-state index contributed by atoms with van der Waals surface area (Å²) in [5, 5.41) is 10.4. The molecule has 2 aliphatic rings. The molecule has 2 nitrogen and oxygen atoms in total. The van der Waals surface area contributed by atoms with Gasteiger partial charge in [-0.05, 0) is 44.6 Å². The second-order valence-electron chi connectivity index (χ2n) is 5.32. The van der Waals surface area contributed by atoms with Crippen LogP contribution in [0.25, 0.3) is 0 Å². The van der Waals surface area contributed by atoms with Gasteiger partial charge >= 0.3 is 0 Å². The summed E-state index contributed by atoms with van der Waals surface area (Å²) >= 11 is 0. The van der Waals surface area contributed by atoms with Crippen molar-refractivity contribution in [2.24, 2.45) is 5.92 Å². The molecule has 0 bridgehead atoms. The third kappa shape index (κ3) is 3.08. The van der Waals surface area contributed by atoms with E-state index in [1.54, 1.807) is 0 Å². The van der Waals surface area contributed by atoms with Gasteiger partial charge in [-0.2, -0.15) is 0 Å². The number of allylic oxidation sites excluding steroid dienone is 1. The maximum atomic E-state index is 10.4. The first-order valence-corrected chi connectivity index (χ1v) is 6.76. The Morgan fingerprint density at radius 1 is 1.31 bits per heavy atom. The summed E-state index contributed by atoms with van der Waals surface area (Å²) in [7, 11) is 0. The first-order chi connectivity index (χ1) is 7.77. The average Bonchev–Trinajstić information content (AvgIpc) is 2.63. The van der Waals surface area contributed by atoms with Gasteiger partial charge in [0.15, 0.2) is 0 Å². The molecule has 0 spiro atoms. The first kappa shape index (κ1) is 12.1. The normalized spacial score (nSPS) is 34.0. The van der Waals surface area contributed by atoms with E-state index in [-0.39, 0.29) is 6.10 Å². The van der Waals surface area contributed by atoms with Crippen molar-refractivity contribution in [2.45, 2.75) is 64.1 Å². The largest absolute Gasteiger partial charge is 0.388 e. The molecule has 3 atom stereocenters. The van der Waals surface area contributed by atoms with Gasteiger partial charge in [-0.3, -0.25) is 0 Å². The molecule has 3 unspecified atom stereocenters. The highest BCUT2D eigenvalue weighted by Crippen LogP contribution is 2.29. The SMILES string of the molecule is CC1CC(C(O)C2=CCCCCCC2)CO1. The first-order valence-electron chi connectivity index (χ1n) is 6.76. The van der Waals surface area contributed by atoms with Gasteiger partial charge in [0.2, 0.25) is 0 Å². The van der Waals surface area contributed by atoms with E-state index >= 15 is 0 Å². The molecule has 0 aromatic heterocycles. The predicted octanol–water partition coefficient (Wildman–Crippen LogP) is 3.05. The van der Waals surface area contributed by atoms with Crippen LogP contribution in [0.3, 0.4) is 0 Å². The lowest BCUT2D eigenvalue weighted by atomic mass is 9.88. The summed E-state index contributed by atoms with van der Waals surface area (Å²) in [4.78, 5) is 0. The van der Waals surface area contributed by atoms with E-state index in [0.29, 0.717) is 12.0 Å². The van der Waals surface area contributed by atoms with Crippen molar-refractivity contribution in [2.75, 3.05) is 6.61 Å². The molecule has 0 aromatic rings. The van der Waals surface area contributed by atoms with Gasteiger partial charge in [0.1, 0.15) is 0 Å². The lowest BCUT2D eigenvalue weighted by molar-refractivity contribution is 0.0941. The minimum absolute atomic E-state index is 0.247. The zero-order chi connectivity index (χ0) is 11.4. The van der Waals surface area contributed by atoms with Crippen molar-refractivity contribution in [1.82, 2.24) is 0 Å². The molecule has 1 saturated heterocycles. The van der Waals surface area contributed by atoms with Crippen LogP contribution in [0.4, 0.5) is 0 Å². The number of aliphatic hydroxyl groups is 1. The number of hydrogen-bond donors (Lipinski definition) is 1. The molecule has 1 aliphatic heterocycles. The van der Waals surface area contributed by atoms with Crippen LogP contribution in [0, 0.1) is 5.92 Å². The average molecular weight is 224 g/mol. The van der Waals surface area contributed by atoms with Crippen LogP contribution in [0.15, 0.2) is 11.6 Å². The van der Waals surface area contributed by atoms with E-state index in [9.17, 15) is 5.11 Å². The van der Waals surface area contributed by atoms with E-state index in [2.05, 4.69) is 13.0 Å². The summed E-state index contributed by atoms with van der Waals surface area (Å²) < 4.78 is 5.55. The van der Waals surface area contributed by atoms with Crippen molar-refractivity contribution in [3.05, 3.63) is 11.6 Å². The fraction of sp³-hybridized carbons (Fsp3) is 0.857. The van der Waals surface area contributed by atoms with Gasteiger partial charge in [-0.1, -0.05) is 18.9 Å². The highest BCUT2D eigenvalue weighted by Gasteiger charge is 2.30. The van der Waals surface area contributed by atoms with Gasteiger partial charge < -0.3 is 9.84 Å². The van der Waals surface area contributed by atoms with Crippen molar-refractivity contribution >= 4 is 0 Å². The number of ether oxygens (including phenoxy) is 1. The van der Waals surface area contributed by atoms with Crippen molar-refractivity contribution < 1.29 is 9.84 Å². The molecule has 0 radical (unpaired) electrons. The lowest BCUT2D eigenvalue weighted by Crippen LogP contribution is -2.23. The topological polar surface area (TPSA) is 29.5 Å². The standard InChI is InChI=1S/C14H24O2/c1-11-9-13(10-16-11)14(15)12-7-5-3-2-4-6-8-12/h7,11,13-15H,2-6,8-10H2,1H3. The molecule has 16 heavy (non-hydrogen) atoms. The Morgan fingerprint density at radius 2 is 2.12 bits per heavy atom. The third-order valence-electron chi connectivity index (χ3n) is 3.88. The molecule has 0 saturated carbocycles. The van der Waals surface area contributed by atoms with E-state index in [1.165, 1.54) is 31.3 Å². The molecule has 0 aromatic carbocycles. The van der Waals surface area contributed by atoms with Crippen LogP contribution >= 0.6 is 0 Å². The summed E-state index contributed by atoms with van der Waals surface area (Å²) in [6, 6.07) is 0. The second kappa shape index (κ2) is 5.83. The van der Waals surface area contributed by atoms with Crippen LogP contribution in [-0.4, -0.2) is 23.9 Å². The quantitative estimate of drug-likeness (QED) is 0.730. The fourth-order valence-corrected chi connectivity index (χ4v) is 2.86. The highest BCUT2D eigenvalue weighted by atomic mass is 16.5. The Kier molecular flexibility index (Phi) is 4.42. The molecular formula is C14H24O2. The van der Waals surface area contributed by atoms with Gasteiger partial charge in [-0.25, -0.2) is 0 Å². The molecule has 0 amide bonds. The monoisotopic (exact) mass is 224 g/mol. The zero-order valence-corrected chi connectivity index (χ0v) is 10.3. The zero-order valence-electron chi connectivity index (χ0n) is 10.3. The third-order valence-corrected chi connectivity index (χ3v) is 3.88. The van der Waals surface area contributed by atoms with Crippen LogP contribution < -0.4 is 0 Å². The van der Waals surface area contributed by atoms with E-state index < -0.39 is 0 Å². The van der Waals surface area contributed by atoms with E-state index in [1.807, 2.05) is 0 Å². The molecule has 1 fully saturated rings. The fourth-order valence-electron chi connectivity index (χ4n) is 2.86. The molecule has 1 heterocycles. The number of aliphatic hydroxyl groups excluding tert-OH is 1. The smallest absolute Gasteiger partial charge is 0.0801 e. The Hall–Kier alpha value is -0.340. The summed E-state index contributed by atoms with van der Waals surface area (Å²) in [6.07, 6.45) is 10.8. The molecule has 1 aliphatic carbocycles. The summed E-state index contributed by atoms with van der Waals surface area (Å²) in [5.41, 5.74) is 1.28. The predicted molar refractivity (Wildman–Crippen MR) is 65.3 cm³/mol. The summed E-state index contributed by atoms with van der Waals surface area (Å²) in [6.45, 7) is 2.83. The van der Waals surface area contributed by atoms with Gasteiger partial charge in [-0.15, -0.1) is 0 Å². The Labute approximate surface area is 98.7 Å². The molecular weight excluding hydrogens is 200 g/mol. The van der Waals surface area contributed by atoms with Crippen molar-refractivity contribution in [1.29, 1.82) is 0 Å². The van der Waals surface area contributed by atoms with E-state index in [4.69, 9.17) is 4.74 Å². The van der Waals surface area contributed by atoms with Crippen LogP contribution in [0.2, 0.25) is 0 Å². The number of rotatable bonds is 2. The maximum Gasteiger partial charge on any atom is 0.0801 e.